The molecule has 58 heavy (non-hydrogen) atoms. The van der Waals surface area contributed by atoms with Gasteiger partial charge in [0, 0.05) is 23.5 Å². The molecule has 0 saturated heterocycles. The van der Waals surface area contributed by atoms with Gasteiger partial charge >= 0.3 is 23.9 Å². The van der Waals surface area contributed by atoms with Gasteiger partial charge in [0.1, 0.15) is 45.1 Å². The second-order valence-electron chi connectivity index (χ2n) is 12.5. The lowest BCUT2D eigenvalue weighted by Gasteiger charge is -2.09. The summed E-state index contributed by atoms with van der Waals surface area (Å²) >= 11 is 0. The second kappa shape index (κ2) is 17.3. The summed E-state index contributed by atoms with van der Waals surface area (Å²) in [6, 6.07) is 19.0. The smallest absolute Gasteiger partial charge is 0.341 e. The van der Waals surface area contributed by atoms with E-state index in [2.05, 4.69) is 0 Å². The van der Waals surface area contributed by atoms with Gasteiger partial charge in [0.2, 0.25) is 11.6 Å². The van der Waals surface area contributed by atoms with Crippen LogP contribution in [0.4, 0.5) is 0 Å². The van der Waals surface area contributed by atoms with Crippen LogP contribution in [-0.2, 0) is 18.9 Å². The number of rotatable bonds is 15. The van der Waals surface area contributed by atoms with Crippen molar-refractivity contribution in [1.29, 1.82) is 0 Å². The van der Waals surface area contributed by atoms with Gasteiger partial charge in [-0.15, -0.1) is 0 Å². The van der Waals surface area contributed by atoms with Gasteiger partial charge in [0.05, 0.1) is 51.7 Å². The van der Waals surface area contributed by atoms with Gasteiger partial charge in [-0.05, 0) is 112 Å². The van der Waals surface area contributed by atoms with Gasteiger partial charge in [-0.1, -0.05) is 0 Å². The van der Waals surface area contributed by atoms with Crippen LogP contribution in [0.15, 0.2) is 85.2 Å². The van der Waals surface area contributed by atoms with Crippen LogP contribution in [0.2, 0.25) is 0 Å². The van der Waals surface area contributed by atoms with E-state index in [1.54, 1.807) is 100 Å². The first kappa shape index (κ1) is 40.4. The first-order valence-corrected chi connectivity index (χ1v) is 18.5. The minimum absolute atomic E-state index is 0.0260. The zero-order valence-corrected chi connectivity index (χ0v) is 32.7. The van der Waals surface area contributed by atoms with Crippen LogP contribution >= 0.6 is 0 Å². The van der Waals surface area contributed by atoms with Gasteiger partial charge in [-0.2, -0.15) is 0 Å². The highest BCUT2D eigenvalue weighted by Crippen LogP contribution is 2.35. The molecule has 6 aromatic rings. The molecule has 14 nitrogen and oxygen atoms in total. The molecule has 298 valence electrons. The molecule has 0 N–H and O–H groups in total. The molecule has 0 aliphatic carbocycles. The molecule has 2 aromatic carbocycles. The number of carbonyl (C=O) groups is 6. The molecular weight excluding hydrogens is 748 g/mol. The van der Waals surface area contributed by atoms with Gasteiger partial charge in [0.25, 0.3) is 0 Å². The standard InChI is InChI=1S/C44H40N2O12/c1-7-55-41(49)33-31-23-27(19-21-45(31)37(35(33)43(51)57-9-3)39(47)25-11-15-29(53-5)16-12-25)28-20-22-46-32(24-28)34(42(50)56-8-2)36(44(52)58-10-4)38(46)40(48)26-13-17-30(54-6)18-14-26/h11-24H,7-10H2,1-6H3. The van der Waals surface area contributed by atoms with Crippen molar-refractivity contribution in [2.24, 2.45) is 0 Å². The summed E-state index contributed by atoms with van der Waals surface area (Å²) in [6.07, 6.45) is 3.06. The number of methoxy groups -OCH3 is 2. The number of benzene rings is 2. The fourth-order valence-electron chi connectivity index (χ4n) is 6.70. The highest BCUT2D eigenvalue weighted by Gasteiger charge is 2.36. The average Bonchev–Trinajstić information content (AvgIpc) is 3.77. The van der Waals surface area contributed by atoms with E-state index in [1.807, 2.05) is 0 Å². The van der Waals surface area contributed by atoms with Crippen molar-refractivity contribution in [1.82, 2.24) is 8.80 Å². The maximum absolute atomic E-state index is 14.2. The Hall–Kier alpha value is -7.22. The summed E-state index contributed by atoms with van der Waals surface area (Å²) in [6.45, 7) is 6.31. The minimum Gasteiger partial charge on any atom is -0.497 e. The molecule has 6 rings (SSSR count). The highest BCUT2D eigenvalue weighted by atomic mass is 16.5. The Morgan fingerprint density at radius 3 is 1.05 bits per heavy atom. The first-order chi connectivity index (χ1) is 28.0. The summed E-state index contributed by atoms with van der Waals surface area (Å²) in [4.78, 5) is 83.2. The number of ether oxygens (including phenoxy) is 6. The van der Waals surface area contributed by atoms with Crippen LogP contribution in [-0.4, -0.2) is 84.9 Å². The normalized spacial score (nSPS) is 10.9. The SMILES string of the molecule is CCOC(=O)c1c(C(=O)OCC)c2cc(-c3ccn4c(C(=O)c5ccc(OC)cc5)c(C(=O)OCC)c(C(=O)OCC)c4c3)ccn2c1C(=O)c1ccc(OC)cc1. The van der Waals surface area contributed by atoms with E-state index in [9.17, 15) is 28.8 Å². The van der Waals surface area contributed by atoms with Crippen molar-refractivity contribution in [3.05, 3.63) is 130 Å². The fourth-order valence-corrected chi connectivity index (χ4v) is 6.70. The molecular formula is C44H40N2O12. The van der Waals surface area contributed by atoms with Crippen molar-refractivity contribution in [2.75, 3.05) is 40.6 Å². The Kier molecular flexibility index (Phi) is 12.1. The van der Waals surface area contributed by atoms with E-state index in [0.29, 0.717) is 22.6 Å². The average molecular weight is 789 g/mol. The molecule has 0 fully saturated rings. The molecule has 0 aliphatic rings. The highest BCUT2D eigenvalue weighted by molar-refractivity contribution is 6.21. The molecule has 0 atom stereocenters. The topological polar surface area (TPSA) is 167 Å². The molecule has 0 aliphatic heterocycles. The monoisotopic (exact) mass is 788 g/mol. The number of carbonyl (C=O) groups excluding carboxylic acids is 6. The Labute approximate surface area is 332 Å². The zero-order valence-electron chi connectivity index (χ0n) is 32.7. The number of fused-ring (bicyclic) bond motifs is 2. The number of pyridine rings is 2. The van der Waals surface area contributed by atoms with Crippen molar-refractivity contribution >= 4 is 46.5 Å². The molecule has 4 heterocycles. The van der Waals surface area contributed by atoms with Crippen LogP contribution in [0, 0.1) is 0 Å². The molecule has 0 radical (unpaired) electrons. The fraction of sp³-hybridized carbons (Fsp3) is 0.227. The summed E-state index contributed by atoms with van der Waals surface area (Å²) in [5, 5.41) is 0. The van der Waals surface area contributed by atoms with Crippen LogP contribution in [0.25, 0.3) is 22.2 Å². The van der Waals surface area contributed by atoms with E-state index in [4.69, 9.17) is 28.4 Å². The van der Waals surface area contributed by atoms with Crippen LogP contribution in [0.3, 0.4) is 0 Å². The number of ketones is 2. The van der Waals surface area contributed by atoms with Crippen LogP contribution in [0.1, 0.15) is 101 Å². The molecule has 0 spiro atoms. The maximum Gasteiger partial charge on any atom is 0.341 e. The number of aromatic nitrogens is 2. The van der Waals surface area contributed by atoms with Crippen molar-refractivity contribution in [3.63, 3.8) is 0 Å². The Morgan fingerprint density at radius 2 is 0.759 bits per heavy atom. The maximum atomic E-state index is 14.2. The lowest BCUT2D eigenvalue weighted by Crippen LogP contribution is -2.16. The van der Waals surface area contributed by atoms with E-state index in [1.165, 1.54) is 35.4 Å². The lowest BCUT2D eigenvalue weighted by molar-refractivity contribution is 0.0480. The number of hydrogen-bond donors (Lipinski definition) is 0. The third-order valence-electron chi connectivity index (χ3n) is 9.26. The minimum atomic E-state index is -0.901. The van der Waals surface area contributed by atoms with E-state index >= 15 is 0 Å². The molecule has 0 saturated carbocycles. The third-order valence-corrected chi connectivity index (χ3v) is 9.26. The van der Waals surface area contributed by atoms with Crippen LogP contribution < -0.4 is 9.47 Å². The summed E-state index contributed by atoms with van der Waals surface area (Å²) in [5.74, 6) is -3.64. The predicted octanol–water partition coefficient (Wildman–Crippen LogP) is 7.05. The van der Waals surface area contributed by atoms with Gasteiger partial charge in [-0.3, -0.25) is 9.59 Å². The van der Waals surface area contributed by atoms with Gasteiger partial charge in [-0.25, -0.2) is 19.2 Å². The Morgan fingerprint density at radius 1 is 0.448 bits per heavy atom. The zero-order chi connectivity index (χ0) is 41.7. The van der Waals surface area contributed by atoms with Crippen molar-refractivity contribution in [3.8, 4) is 22.6 Å². The first-order valence-electron chi connectivity index (χ1n) is 18.5. The largest absolute Gasteiger partial charge is 0.497 e. The molecule has 0 bridgehead atoms. The summed E-state index contributed by atoms with van der Waals surface area (Å²) < 4.78 is 34.9. The van der Waals surface area contributed by atoms with Gasteiger partial charge in [0.15, 0.2) is 0 Å². The van der Waals surface area contributed by atoms with E-state index in [-0.39, 0.29) is 82.2 Å². The summed E-state index contributed by atoms with van der Waals surface area (Å²) in [5.41, 5.74) is 0.498. The second-order valence-corrected chi connectivity index (χ2v) is 12.5. The molecule has 0 unspecified atom stereocenters. The van der Waals surface area contributed by atoms with Gasteiger partial charge < -0.3 is 37.2 Å². The van der Waals surface area contributed by atoms with Crippen LogP contribution in [0.5, 0.6) is 11.5 Å². The van der Waals surface area contributed by atoms with E-state index in [0.717, 1.165) is 0 Å². The third kappa shape index (κ3) is 7.39. The quantitative estimate of drug-likeness (QED) is 0.0592. The van der Waals surface area contributed by atoms with Crippen molar-refractivity contribution in [2.45, 2.75) is 27.7 Å². The molecule has 0 amide bonds. The Bertz CT molecular complexity index is 2400. The molecule has 4 aromatic heterocycles. The number of hydrogen-bond acceptors (Lipinski definition) is 12. The van der Waals surface area contributed by atoms with Crippen molar-refractivity contribution < 1.29 is 57.2 Å². The number of esters is 4. The summed E-state index contributed by atoms with van der Waals surface area (Å²) in [7, 11) is 2.98. The van der Waals surface area contributed by atoms with E-state index < -0.39 is 35.4 Å². The molecule has 14 heteroatoms. The Balaban J connectivity index is 1.62. The predicted molar refractivity (Wildman–Crippen MR) is 210 cm³/mol. The lowest BCUT2D eigenvalue weighted by atomic mass is 10.0. The number of nitrogens with zero attached hydrogens (tertiary/aromatic N) is 2.